The summed E-state index contributed by atoms with van der Waals surface area (Å²) in [6.45, 7) is 1.70. The molecule has 1 aliphatic heterocycles. The first kappa shape index (κ1) is 17.0. The summed E-state index contributed by atoms with van der Waals surface area (Å²) in [5, 5.41) is 18.9. The van der Waals surface area contributed by atoms with E-state index in [1.54, 1.807) is 6.92 Å². The number of carbonyl (C=O) groups is 1. The van der Waals surface area contributed by atoms with Gasteiger partial charge in [-0.25, -0.2) is 13.8 Å². The van der Waals surface area contributed by atoms with Gasteiger partial charge >= 0.3 is 0 Å². The maximum absolute atomic E-state index is 13.5. The Morgan fingerprint density at radius 2 is 2.08 bits per heavy atom. The SMILES string of the molecule is Cc1nc(C(=O)N2CC(O)CC2c2ccc(F)c(F)c2)ccc1C#N. The number of aliphatic hydroxyl groups excluding tert-OH is 1. The molecular weight excluding hydrogens is 328 g/mol. The summed E-state index contributed by atoms with van der Waals surface area (Å²) in [4.78, 5) is 18.3. The van der Waals surface area contributed by atoms with Crippen molar-refractivity contribution < 1.29 is 18.7 Å². The molecule has 7 heteroatoms. The van der Waals surface area contributed by atoms with Gasteiger partial charge in [0.25, 0.3) is 5.91 Å². The molecule has 1 N–H and O–H groups in total. The summed E-state index contributed by atoms with van der Waals surface area (Å²) in [7, 11) is 0. The average molecular weight is 343 g/mol. The summed E-state index contributed by atoms with van der Waals surface area (Å²) >= 11 is 0. The van der Waals surface area contributed by atoms with E-state index in [1.807, 2.05) is 6.07 Å². The lowest BCUT2D eigenvalue weighted by Crippen LogP contribution is -2.32. The molecule has 0 bridgehead atoms. The molecule has 2 atom stereocenters. The molecule has 1 aliphatic rings. The number of aromatic nitrogens is 1. The number of β-amino-alcohol motifs (C(OH)–C–C–N with tert-alkyl or cyclic N) is 1. The highest BCUT2D eigenvalue weighted by atomic mass is 19.2. The van der Waals surface area contributed by atoms with Gasteiger partial charge in [0.05, 0.1) is 23.4 Å². The van der Waals surface area contributed by atoms with Crippen LogP contribution in [0.1, 0.15) is 39.8 Å². The Kier molecular flexibility index (Phi) is 4.47. The van der Waals surface area contributed by atoms with Crippen LogP contribution in [0.5, 0.6) is 0 Å². The molecule has 2 unspecified atom stereocenters. The van der Waals surface area contributed by atoms with Gasteiger partial charge in [0.1, 0.15) is 11.8 Å². The van der Waals surface area contributed by atoms with Gasteiger partial charge < -0.3 is 10.0 Å². The summed E-state index contributed by atoms with van der Waals surface area (Å²) in [6.07, 6.45) is -0.534. The number of halogens is 2. The Morgan fingerprint density at radius 3 is 2.72 bits per heavy atom. The fraction of sp³-hybridized carbons (Fsp3) is 0.278. The van der Waals surface area contributed by atoms with Gasteiger partial charge in [-0.1, -0.05) is 6.07 Å². The van der Waals surface area contributed by atoms with Gasteiger partial charge in [-0.15, -0.1) is 0 Å². The molecular formula is C18H15F2N3O2. The van der Waals surface area contributed by atoms with Crippen LogP contribution >= 0.6 is 0 Å². The minimum atomic E-state index is -1.00. The molecule has 0 aliphatic carbocycles. The number of aliphatic hydroxyl groups is 1. The van der Waals surface area contributed by atoms with Crippen molar-refractivity contribution in [3.05, 3.63) is 64.5 Å². The molecule has 25 heavy (non-hydrogen) atoms. The van der Waals surface area contributed by atoms with E-state index in [0.717, 1.165) is 12.1 Å². The zero-order chi connectivity index (χ0) is 18.1. The maximum Gasteiger partial charge on any atom is 0.273 e. The van der Waals surface area contributed by atoms with Crippen LogP contribution in [0.3, 0.4) is 0 Å². The number of benzene rings is 1. The fourth-order valence-corrected chi connectivity index (χ4v) is 3.02. The van der Waals surface area contributed by atoms with Gasteiger partial charge in [-0.2, -0.15) is 5.26 Å². The van der Waals surface area contributed by atoms with E-state index < -0.39 is 29.7 Å². The van der Waals surface area contributed by atoms with E-state index in [-0.39, 0.29) is 18.7 Å². The standard InChI is InChI=1S/C18H15F2N3O2/c1-10-12(8-21)3-5-16(22-10)18(25)23-9-13(24)7-17(23)11-2-4-14(19)15(20)6-11/h2-6,13,17,24H,7,9H2,1H3. The number of carbonyl (C=O) groups excluding carboxylic acids is 1. The van der Waals surface area contributed by atoms with Gasteiger partial charge in [0.15, 0.2) is 11.6 Å². The van der Waals surface area contributed by atoms with Crippen LogP contribution in [0, 0.1) is 29.9 Å². The van der Waals surface area contributed by atoms with Crippen LogP contribution in [0.15, 0.2) is 30.3 Å². The molecule has 1 amide bonds. The van der Waals surface area contributed by atoms with E-state index in [2.05, 4.69) is 4.98 Å². The van der Waals surface area contributed by atoms with Crippen LogP contribution in [0.25, 0.3) is 0 Å². The molecule has 0 spiro atoms. The fourth-order valence-electron chi connectivity index (χ4n) is 3.02. The largest absolute Gasteiger partial charge is 0.391 e. The lowest BCUT2D eigenvalue weighted by molar-refractivity contribution is 0.0709. The molecule has 3 rings (SSSR count). The van der Waals surface area contributed by atoms with Gasteiger partial charge in [0.2, 0.25) is 0 Å². The van der Waals surface area contributed by atoms with Crippen LogP contribution in [-0.4, -0.2) is 33.5 Å². The molecule has 2 heterocycles. The van der Waals surface area contributed by atoms with Crippen molar-refractivity contribution >= 4 is 5.91 Å². The van der Waals surface area contributed by atoms with E-state index in [1.165, 1.54) is 23.1 Å². The molecule has 2 aromatic rings. The van der Waals surface area contributed by atoms with Crippen molar-refractivity contribution in [2.45, 2.75) is 25.5 Å². The van der Waals surface area contributed by atoms with Crippen molar-refractivity contribution in [1.82, 2.24) is 9.88 Å². The highest BCUT2D eigenvalue weighted by Gasteiger charge is 2.36. The number of pyridine rings is 1. The highest BCUT2D eigenvalue weighted by Crippen LogP contribution is 2.34. The number of amides is 1. The van der Waals surface area contributed by atoms with Crippen molar-refractivity contribution in [1.29, 1.82) is 5.26 Å². The average Bonchev–Trinajstić information content (AvgIpc) is 2.98. The van der Waals surface area contributed by atoms with E-state index >= 15 is 0 Å². The third-order valence-electron chi connectivity index (χ3n) is 4.29. The molecule has 1 saturated heterocycles. The monoisotopic (exact) mass is 343 g/mol. The summed E-state index contributed by atoms with van der Waals surface area (Å²) < 4.78 is 26.7. The van der Waals surface area contributed by atoms with E-state index in [0.29, 0.717) is 16.8 Å². The first-order valence-electron chi connectivity index (χ1n) is 7.72. The Morgan fingerprint density at radius 1 is 1.32 bits per heavy atom. The normalized spacial score (nSPS) is 19.7. The molecule has 1 fully saturated rings. The van der Waals surface area contributed by atoms with E-state index in [9.17, 15) is 18.7 Å². The Bertz CT molecular complexity index is 879. The highest BCUT2D eigenvalue weighted by molar-refractivity contribution is 5.93. The van der Waals surface area contributed by atoms with Crippen molar-refractivity contribution in [3.8, 4) is 6.07 Å². The first-order valence-corrected chi connectivity index (χ1v) is 7.72. The zero-order valence-electron chi connectivity index (χ0n) is 13.4. The van der Waals surface area contributed by atoms with Crippen molar-refractivity contribution in [2.24, 2.45) is 0 Å². The second-order valence-corrected chi connectivity index (χ2v) is 5.98. The van der Waals surface area contributed by atoms with Crippen LogP contribution < -0.4 is 0 Å². The second kappa shape index (κ2) is 6.57. The summed E-state index contributed by atoms with van der Waals surface area (Å²) in [5.74, 6) is -2.40. The first-order chi connectivity index (χ1) is 11.9. The molecule has 5 nitrogen and oxygen atoms in total. The predicted molar refractivity (Wildman–Crippen MR) is 84.4 cm³/mol. The number of likely N-dealkylation sites (tertiary alicyclic amines) is 1. The topological polar surface area (TPSA) is 77.2 Å². The maximum atomic E-state index is 13.5. The number of nitrogens with zero attached hydrogens (tertiary/aromatic N) is 3. The third kappa shape index (κ3) is 3.21. The Hall–Kier alpha value is -2.85. The number of nitriles is 1. The van der Waals surface area contributed by atoms with Crippen LogP contribution in [0.2, 0.25) is 0 Å². The second-order valence-electron chi connectivity index (χ2n) is 5.98. The number of aryl methyl sites for hydroxylation is 1. The molecule has 1 aromatic carbocycles. The number of rotatable bonds is 2. The summed E-state index contributed by atoms with van der Waals surface area (Å²) in [5.41, 5.74) is 1.35. The number of hydrogen-bond acceptors (Lipinski definition) is 4. The quantitative estimate of drug-likeness (QED) is 0.909. The Balaban J connectivity index is 1.93. The van der Waals surface area contributed by atoms with Gasteiger partial charge in [-0.05, 0) is 43.2 Å². The van der Waals surface area contributed by atoms with Crippen LogP contribution in [0.4, 0.5) is 8.78 Å². The lowest BCUT2D eigenvalue weighted by atomic mass is 10.0. The molecule has 0 radical (unpaired) electrons. The predicted octanol–water partition coefficient (Wildman–Crippen LogP) is 2.49. The van der Waals surface area contributed by atoms with Gasteiger partial charge in [-0.3, -0.25) is 4.79 Å². The minimum Gasteiger partial charge on any atom is -0.391 e. The lowest BCUT2D eigenvalue weighted by Gasteiger charge is -2.24. The van der Waals surface area contributed by atoms with E-state index in [4.69, 9.17) is 5.26 Å². The zero-order valence-corrected chi connectivity index (χ0v) is 13.4. The van der Waals surface area contributed by atoms with Crippen molar-refractivity contribution in [3.63, 3.8) is 0 Å². The van der Waals surface area contributed by atoms with Gasteiger partial charge in [0, 0.05) is 6.54 Å². The van der Waals surface area contributed by atoms with Crippen LogP contribution in [-0.2, 0) is 0 Å². The molecule has 1 aromatic heterocycles. The third-order valence-corrected chi connectivity index (χ3v) is 4.29. The Labute approximate surface area is 143 Å². The van der Waals surface area contributed by atoms with Crippen molar-refractivity contribution in [2.75, 3.05) is 6.54 Å². The minimum absolute atomic E-state index is 0.0726. The summed E-state index contributed by atoms with van der Waals surface area (Å²) in [6, 6.07) is 7.80. The molecule has 128 valence electrons. The number of hydrogen-bond donors (Lipinski definition) is 1. The molecule has 0 saturated carbocycles. The smallest absolute Gasteiger partial charge is 0.273 e.